The second-order valence-corrected chi connectivity index (χ2v) is 4.98. The predicted octanol–water partition coefficient (Wildman–Crippen LogP) is 2.14. The molecule has 2 rings (SSSR count). The van der Waals surface area contributed by atoms with Crippen LogP contribution in [0.3, 0.4) is 0 Å². The maximum atomic E-state index is 11.2. The molecule has 0 aromatic carbocycles. The molecule has 0 spiro atoms. The van der Waals surface area contributed by atoms with E-state index in [1.165, 1.54) is 19.3 Å². The molecule has 86 valence electrons. The Hall–Kier alpha value is -0.570. The molecule has 0 aromatic rings. The minimum atomic E-state index is -0.0842. The number of rotatable bonds is 4. The molecule has 0 aliphatic carbocycles. The van der Waals surface area contributed by atoms with Gasteiger partial charge in [0, 0.05) is 0 Å². The molecule has 3 unspecified atom stereocenters. The summed E-state index contributed by atoms with van der Waals surface area (Å²) in [4.78, 5) is 11.2. The van der Waals surface area contributed by atoms with Crippen molar-refractivity contribution in [1.82, 2.24) is 0 Å². The average molecular weight is 212 g/mol. The molecular formula is C12H20O3. The fraction of sp³-hybridized carbons (Fsp3) is 0.917. The van der Waals surface area contributed by atoms with E-state index in [0.717, 1.165) is 6.42 Å². The summed E-state index contributed by atoms with van der Waals surface area (Å²) >= 11 is 0. The van der Waals surface area contributed by atoms with Gasteiger partial charge in [-0.1, -0.05) is 13.8 Å². The summed E-state index contributed by atoms with van der Waals surface area (Å²) in [5, 5.41) is 0. The van der Waals surface area contributed by atoms with E-state index in [-0.39, 0.29) is 11.9 Å². The van der Waals surface area contributed by atoms with Crippen LogP contribution in [0.5, 0.6) is 0 Å². The van der Waals surface area contributed by atoms with Crippen molar-refractivity contribution in [3.05, 3.63) is 0 Å². The van der Waals surface area contributed by atoms with Crippen LogP contribution in [0.25, 0.3) is 0 Å². The van der Waals surface area contributed by atoms with Gasteiger partial charge in [0.2, 0.25) is 0 Å². The monoisotopic (exact) mass is 212 g/mol. The Morgan fingerprint density at radius 2 is 2.27 bits per heavy atom. The van der Waals surface area contributed by atoms with E-state index in [9.17, 15) is 4.79 Å². The van der Waals surface area contributed by atoms with Gasteiger partial charge in [0.05, 0.1) is 24.7 Å². The van der Waals surface area contributed by atoms with Gasteiger partial charge in [-0.15, -0.1) is 0 Å². The SMILES string of the molecule is CC(C)C(=O)OCCC1CC2CCC1O2. The highest BCUT2D eigenvalue weighted by Gasteiger charge is 2.40. The zero-order chi connectivity index (χ0) is 10.8. The Kier molecular flexibility index (Phi) is 3.29. The van der Waals surface area contributed by atoms with E-state index in [4.69, 9.17) is 9.47 Å². The Bertz CT molecular complexity index is 237. The first-order chi connectivity index (χ1) is 7.16. The number of fused-ring (bicyclic) bond motifs is 2. The molecule has 2 bridgehead atoms. The molecule has 2 aliphatic heterocycles. The van der Waals surface area contributed by atoms with E-state index >= 15 is 0 Å². The van der Waals surface area contributed by atoms with Crippen LogP contribution < -0.4 is 0 Å². The third kappa shape index (κ3) is 2.51. The van der Waals surface area contributed by atoms with Crippen LogP contribution in [0.2, 0.25) is 0 Å². The van der Waals surface area contributed by atoms with Crippen molar-refractivity contribution in [2.45, 2.75) is 51.7 Å². The molecule has 0 N–H and O–H groups in total. The lowest BCUT2D eigenvalue weighted by Gasteiger charge is -2.18. The van der Waals surface area contributed by atoms with Crippen molar-refractivity contribution in [3.63, 3.8) is 0 Å². The number of hydrogen-bond donors (Lipinski definition) is 0. The molecule has 3 atom stereocenters. The van der Waals surface area contributed by atoms with Gasteiger partial charge in [-0.05, 0) is 31.6 Å². The van der Waals surface area contributed by atoms with Gasteiger partial charge in [0.15, 0.2) is 0 Å². The Morgan fingerprint density at radius 1 is 1.47 bits per heavy atom. The Morgan fingerprint density at radius 3 is 2.80 bits per heavy atom. The summed E-state index contributed by atoms with van der Waals surface area (Å²) in [6.45, 7) is 4.29. The van der Waals surface area contributed by atoms with Crippen molar-refractivity contribution < 1.29 is 14.3 Å². The minimum Gasteiger partial charge on any atom is -0.465 e. The first-order valence-corrected chi connectivity index (χ1v) is 5.99. The van der Waals surface area contributed by atoms with Gasteiger partial charge in [-0.3, -0.25) is 4.79 Å². The van der Waals surface area contributed by atoms with Crippen LogP contribution >= 0.6 is 0 Å². The molecule has 2 aliphatic rings. The molecule has 15 heavy (non-hydrogen) atoms. The Balaban J connectivity index is 1.65. The van der Waals surface area contributed by atoms with Crippen LogP contribution in [0.15, 0.2) is 0 Å². The third-order valence-electron chi connectivity index (χ3n) is 3.44. The van der Waals surface area contributed by atoms with Crippen molar-refractivity contribution in [2.24, 2.45) is 11.8 Å². The number of ether oxygens (including phenoxy) is 2. The van der Waals surface area contributed by atoms with Crippen molar-refractivity contribution in [2.75, 3.05) is 6.61 Å². The molecular weight excluding hydrogens is 192 g/mol. The number of carbonyl (C=O) groups excluding carboxylic acids is 1. The predicted molar refractivity (Wildman–Crippen MR) is 56.4 cm³/mol. The van der Waals surface area contributed by atoms with Gasteiger partial charge in [0.1, 0.15) is 0 Å². The van der Waals surface area contributed by atoms with Crippen LogP contribution in [-0.4, -0.2) is 24.8 Å². The van der Waals surface area contributed by atoms with Gasteiger partial charge >= 0.3 is 5.97 Å². The van der Waals surface area contributed by atoms with E-state index < -0.39 is 0 Å². The zero-order valence-corrected chi connectivity index (χ0v) is 9.57. The van der Waals surface area contributed by atoms with E-state index in [1.54, 1.807) is 0 Å². The molecule has 3 nitrogen and oxygen atoms in total. The summed E-state index contributed by atoms with van der Waals surface area (Å²) in [6.07, 6.45) is 5.53. The van der Waals surface area contributed by atoms with Crippen LogP contribution in [0, 0.1) is 11.8 Å². The fourth-order valence-corrected chi connectivity index (χ4v) is 2.52. The molecule has 2 heterocycles. The van der Waals surface area contributed by atoms with E-state index in [1.807, 2.05) is 13.8 Å². The normalized spacial score (nSPS) is 33.7. The summed E-state index contributed by atoms with van der Waals surface area (Å²) in [5.41, 5.74) is 0. The molecule has 0 amide bonds. The standard InChI is InChI=1S/C12H20O3/c1-8(2)12(13)14-6-5-9-7-10-3-4-11(9)15-10/h8-11H,3-7H2,1-2H3. The second-order valence-electron chi connectivity index (χ2n) is 4.98. The third-order valence-corrected chi connectivity index (χ3v) is 3.44. The molecule has 2 saturated heterocycles. The highest BCUT2D eigenvalue weighted by molar-refractivity contribution is 5.71. The molecule has 3 heteroatoms. The van der Waals surface area contributed by atoms with Crippen molar-refractivity contribution in [3.8, 4) is 0 Å². The maximum absolute atomic E-state index is 11.2. The van der Waals surface area contributed by atoms with Gasteiger partial charge in [-0.25, -0.2) is 0 Å². The number of esters is 1. The van der Waals surface area contributed by atoms with E-state index in [2.05, 4.69) is 0 Å². The first kappa shape index (κ1) is 10.9. The lowest BCUT2D eigenvalue weighted by Crippen LogP contribution is -2.20. The zero-order valence-electron chi connectivity index (χ0n) is 9.57. The summed E-state index contributed by atoms with van der Waals surface area (Å²) in [7, 11) is 0. The highest BCUT2D eigenvalue weighted by Crippen LogP contribution is 2.40. The fourth-order valence-electron chi connectivity index (χ4n) is 2.52. The van der Waals surface area contributed by atoms with Gasteiger partial charge in [0.25, 0.3) is 0 Å². The van der Waals surface area contributed by atoms with Crippen LogP contribution in [0.1, 0.15) is 39.5 Å². The molecule has 0 aromatic heterocycles. The quantitative estimate of drug-likeness (QED) is 0.670. The van der Waals surface area contributed by atoms with E-state index in [0.29, 0.717) is 24.7 Å². The molecule has 0 radical (unpaired) electrons. The largest absolute Gasteiger partial charge is 0.465 e. The van der Waals surface area contributed by atoms with Crippen LogP contribution in [0.4, 0.5) is 0 Å². The number of hydrogen-bond acceptors (Lipinski definition) is 3. The number of carbonyl (C=O) groups is 1. The summed E-state index contributed by atoms with van der Waals surface area (Å²) in [5.74, 6) is 0.532. The maximum Gasteiger partial charge on any atom is 0.308 e. The molecule has 0 saturated carbocycles. The molecule has 2 fully saturated rings. The highest BCUT2D eigenvalue weighted by atomic mass is 16.5. The van der Waals surface area contributed by atoms with Crippen LogP contribution in [-0.2, 0) is 14.3 Å². The lowest BCUT2D eigenvalue weighted by atomic mass is 9.87. The van der Waals surface area contributed by atoms with Gasteiger partial charge in [-0.2, -0.15) is 0 Å². The Labute approximate surface area is 91.1 Å². The summed E-state index contributed by atoms with van der Waals surface area (Å²) in [6, 6.07) is 0. The van der Waals surface area contributed by atoms with Crippen molar-refractivity contribution in [1.29, 1.82) is 0 Å². The second kappa shape index (κ2) is 4.52. The minimum absolute atomic E-state index is 0.0127. The van der Waals surface area contributed by atoms with Crippen molar-refractivity contribution >= 4 is 5.97 Å². The smallest absolute Gasteiger partial charge is 0.308 e. The topological polar surface area (TPSA) is 35.5 Å². The summed E-state index contributed by atoms with van der Waals surface area (Å²) < 4.78 is 10.9. The van der Waals surface area contributed by atoms with Gasteiger partial charge < -0.3 is 9.47 Å². The lowest BCUT2D eigenvalue weighted by molar-refractivity contribution is -0.147. The first-order valence-electron chi connectivity index (χ1n) is 5.99. The average Bonchev–Trinajstić information content (AvgIpc) is 2.78.